The summed E-state index contributed by atoms with van der Waals surface area (Å²) >= 11 is 0. The van der Waals surface area contributed by atoms with Gasteiger partial charge in [-0.1, -0.05) is 31.2 Å². The van der Waals surface area contributed by atoms with Gasteiger partial charge in [-0.05, 0) is 49.4 Å². The molecule has 29 heavy (non-hydrogen) atoms. The van der Waals surface area contributed by atoms with Crippen LogP contribution in [0.2, 0.25) is 0 Å². The Hall–Kier alpha value is -0.900. The van der Waals surface area contributed by atoms with E-state index in [1.54, 1.807) is 0 Å². The van der Waals surface area contributed by atoms with Crippen LogP contribution in [0.3, 0.4) is 0 Å². The average Bonchev–Trinajstić information content (AvgIpc) is 2.71. The molecule has 3 N–H and O–H groups in total. The number of nitrogens with zero attached hydrogens (tertiary/aromatic N) is 3. The predicted octanol–water partition coefficient (Wildman–Crippen LogP) is 2.66. The lowest BCUT2D eigenvalue weighted by atomic mass is 9.99. The van der Waals surface area contributed by atoms with Crippen molar-refractivity contribution >= 4 is 29.9 Å². The zero-order valence-electron chi connectivity index (χ0n) is 17.8. The van der Waals surface area contributed by atoms with Gasteiger partial charge in [0.15, 0.2) is 5.96 Å². The largest absolute Gasteiger partial charge is 0.379 e. The van der Waals surface area contributed by atoms with E-state index >= 15 is 0 Å². The lowest BCUT2D eigenvalue weighted by Gasteiger charge is -2.31. The van der Waals surface area contributed by atoms with Gasteiger partial charge < -0.3 is 15.8 Å². The normalized spacial score (nSPS) is 21.6. The SMILES string of the molecule is CC1CCCN(Cc2ccccc2CN=C(N)NCCCN2CCOCC2)C1.I. The van der Waals surface area contributed by atoms with Gasteiger partial charge in [0, 0.05) is 32.7 Å². The van der Waals surface area contributed by atoms with Crippen LogP contribution < -0.4 is 11.1 Å². The van der Waals surface area contributed by atoms with Crippen LogP contribution in [0.25, 0.3) is 0 Å². The fourth-order valence-corrected chi connectivity index (χ4v) is 4.11. The predicted molar refractivity (Wildman–Crippen MR) is 131 cm³/mol. The van der Waals surface area contributed by atoms with Gasteiger partial charge in [0.05, 0.1) is 19.8 Å². The highest BCUT2D eigenvalue weighted by atomic mass is 127. The molecule has 1 atom stereocenters. The number of halogens is 1. The Labute approximate surface area is 193 Å². The first-order valence-electron chi connectivity index (χ1n) is 10.8. The summed E-state index contributed by atoms with van der Waals surface area (Å²) in [4.78, 5) is 9.59. The van der Waals surface area contributed by atoms with E-state index in [1.165, 1.54) is 37.1 Å². The van der Waals surface area contributed by atoms with Crippen LogP contribution in [0.4, 0.5) is 0 Å². The van der Waals surface area contributed by atoms with Gasteiger partial charge >= 0.3 is 0 Å². The van der Waals surface area contributed by atoms with Crippen LogP contribution in [0.1, 0.15) is 37.3 Å². The lowest BCUT2D eigenvalue weighted by molar-refractivity contribution is 0.0376. The standard InChI is InChI=1S/C22H37N5O.HI/c1-19-6-4-10-27(17-19)18-21-8-3-2-7-20(21)16-25-22(23)24-9-5-11-26-12-14-28-15-13-26;/h2-3,7-8,19H,4-6,9-18H2,1H3,(H3,23,24,25);1H. The smallest absolute Gasteiger partial charge is 0.188 e. The number of nitrogens with two attached hydrogens (primary N) is 1. The van der Waals surface area contributed by atoms with Gasteiger partial charge in [-0.3, -0.25) is 9.80 Å². The number of nitrogens with one attached hydrogen (secondary N) is 1. The Balaban J connectivity index is 0.00000300. The van der Waals surface area contributed by atoms with Crippen molar-refractivity contribution in [2.45, 2.75) is 39.3 Å². The summed E-state index contributed by atoms with van der Waals surface area (Å²) in [5.74, 6) is 1.35. The van der Waals surface area contributed by atoms with E-state index in [2.05, 4.69) is 51.3 Å². The van der Waals surface area contributed by atoms with Crippen LogP contribution in [0.15, 0.2) is 29.3 Å². The summed E-state index contributed by atoms with van der Waals surface area (Å²) in [7, 11) is 0. The molecule has 1 aromatic carbocycles. The maximum atomic E-state index is 6.09. The van der Waals surface area contributed by atoms with Gasteiger partial charge in [-0.25, -0.2) is 4.99 Å². The van der Waals surface area contributed by atoms with E-state index < -0.39 is 0 Å². The van der Waals surface area contributed by atoms with Gasteiger partial charge in [0.1, 0.15) is 0 Å². The number of guanidine groups is 1. The van der Waals surface area contributed by atoms with E-state index in [0.29, 0.717) is 12.5 Å². The van der Waals surface area contributed by atoms with Crippen LogP contribution in [0.5, 0.6) is 0 Å². The Morgan fingerprint density at radius 3 is 2.69 bits per heavy atom. The summed E-state index contributed by atoms with van der Waals surface area (Å²) in [6.45, 7) is 12.1. The minimum Gasteiger partial charge on any atom is -0.379 e. The number of hydrogen-bond donors (Lipinski definition) is 2. The third kappa shape index (κ3) is 8.78. The summed E-state index contributed by atoms with van der Waals surface area (Å²) in [5, 5.41) is 3.26. The van der Waals surface area contributed by atoms with Crippen molar-refractivity contribution in [1.82, 2.24) is 15.1 Å². The molecule has 0 radical (unpaired) electrons. The molecule has 3 rings (SSSR count). The highest BCUT2D eigenvalue weighted by molar-refractivity contribution is 14.0. The fraction of sp³-hybridized carbons (Fsp3) is 0.682. The maximum absolute atomic E-state index is 6.09. The van der Waals surface area contributed by atoms with Crippen LogP contribution >= 0.6 is 24.0 Å². The lowest BCUT2D eigenvalue weighted by Crippen LogP contribution is -2.39. The molecule has 164 valence electrons. The Bertz CT molecular complexity index is 621. The maximum Gasteiger partial charge on any atom is 0.188 e. The summed E-state index contributed by atoms with van der Waals surface area (Å²) in [6, 6.07) is 8.64. The van der Waals surface area contributed by atoms with Crippen molar-refractivity contribution in [3.8, 4) is 0 Å². The average molecular weight is 515 g/mol. The molecular formula is C22H38IN5O. The number of benzene rings is 1. The second kappa shape index (κ2) is 13.4. The molecule has 1 unspecified atom stereocenters. The Morgan fingerprint density at radius 1 is 1.17 bits per heavy atom. The molecule has 0 amide bonds. The van der Waals surface area contributed by atoms with E-state index in [9.17, 15) is 0 Å². The van der Waals surface area contributed by atoms with Gasteiger partial charge in [0.25, 0.3) is 0 Å². The molecule has 1 aromatic rings. The molecule has 0 bridgehead atoms. The highest BCUT2D eigenvalue weighted by Crippen LogP contribution is 2.19. The number of aliphatic imine (C=N–C) groups is 1. The highest BCUT2D eigenvalue weighted by Gasteiger charge is 2.17. The number of likely N-dealkylation sites (tertiary alicyclic amines) is 1. The molecule has 0 aromatic heterocycles. The third-order valence-electron chi connectivity index (χ3n) is 5.73. The molecule has 0 spiro atoms. The topological polar surface area (TPSA) is 66.1 Å². The molecule has 2 heterocycles. The van der Waals surface area contributed by atoms with Crippen molar-refractivity contribution in [2.75, 3.05) is 52.5 Å². The molecule has 6 nitrogen and oxygen atoms in total. The zero-order chi connectivity index (χ0) is 19.6. The molecule has 0 aliphatic carbocycles. The molecule has 0 saturated carbocycles. The number of ether oxygens (including phenoxy) is 1. The van der Waals surface area contributed by atoms with E-state index in [1.807, 2.05) is 0 Å². The van der Waals surface area contributed by atoms with Gasteiger partial charge in [-0.15, -0.1) is 24.0 Å². The number of piperidine rings is 1. The third-order valence-corrected chi connectivity index (χ3v) is 5.73. The number of morpholine rings is 1. The molecule has 2 saturated heterocycles. The van der Waals surface area contributed by atoms with E-state index in [0.717, 1.165) is 58.3 Å². The molecule has 2 aliphatic rings. The number of rotatable bonds is 8. The second-order valence-corrected chi connectivity index (χ2v) is 8.19. The minimum atomic E-state index is 0. The van der Waals surface area contributed by atoms with Crippen molar-refractivity contribution in [1.29, 1.82) is 0 Å². The minimum absolute atomic E-state index is 0. The zero-order valence-corrected chi connectivity index (χ0v) is 20.1. The Kier molecular flexibility index (Phi) is 11.3. The monoisotopic (exact) mass is 515 g/mol. The first kappa shape index (κ1) is 24.4. The van der Waals surface area contributed by atoms with Gasteiger partial charge in [-0.2, -0.15) is 0 Å². The first-order valence-corrected chi connectivity index (χ1v) is 10.8. The Morgan fingerprint density at radius 2 is 1.93 bits per heavy atom. The van der Waals surface area contributed by atoms with Gasteiger partial charge in [0.2, 0.25) is 0 Å². The van der Waals surface area contributed by atoms with Crippen molar-refractivity contribution in [3.05, 3.63) is 35.4 Å². The van der Waals surface area contributed by atoms with Crippen molar-refractivity contribution in [3.63, 3.8) is 0 Å². The molecule has 2 aliphatic heterocycles. The van der Waals surface area contributed by atoms with Crippen LogP contribution in [-0.4, -0.2) is 68.2 Å². The number of hydrogen-bond acceptors (Lipinski definition) is 4. The van der Waals surface area contributed by atoms with Crippen molar-refractivity contribution < 1.29 is 4.74 Å². The molecule has 7 heteroatoms. The summed E-state index contributed by atoms with van der Waals surface area (Å²) in [6.07, 6.45) is 3.74. The summed E-state index contributed by atoms with van der Waals surface area (Å²) in [5.41, 5.74) is 8.74. The fourth-order valence-electron chi connectivity index (χ4n) is 4.11. The second-order valence-electron chi connectivity index (χ2n) is 8.19. The quantitative estimate of drug-likeness (QED) is 0.241. The van der Waals surface area contributed by atoms with E-state index in [4.69, 9.17) is 10.5 Å². The first-order chi connectivity index (χ1) is 13.7. The summed E-state index contributed by atoms with van der Waals surface area (Å²) < 4.78 is 5.38. The van der Waals surface area contributed by atoms with E-state index in [-0.39, 0.29) is 24.0 Å². The van der Waals surface area contributed by atoms with Crippen LogP contribution in [-0.2, 0) is 17.8 Å². The van der Waals surface area contributed by atoms with Crippen molar-refractivity contribution in [2.24, 2.45) is 16.6 Å². The molecular weight excluding hydrogens is 477 g/mol. The molecule has 2 fully saturated rings. The van der Waals surface area contributed by atoms with Crippen LogP contribution in [0, 0.1) is 5.92 Å².